The molecule has 1 heterocycles. The Morgan fingerprint density at radius 2 is 1.82 bits per heavy atom. The second-order valence-electron chi connectivity index (χ2n) is 6.40. The van der Waals surface area contributed by atoms with Crippen molar-refractivity contribution >= 4 is 21.6 Å². The first-order valence-electron chi connectivity index (χ1n) is 8.24. The Hall–Kier alpha value is -2.46. The van der Waals surface area contributed by atoms with E-state index in [0.717, 1.165) is 25.2 Å². The number of halogens is 4. The molecule has 1 aliphatic rings. The Morgan fingerprint density at radius 3 is 2.50 bits per heavy atom. The van der Waals surface area contributed by atoms with E-state index in [4.69, 9.17) is 0 Å². The summed E-state index contributed by atoms with van der Waals surface area (Å²) in [5.74, 6) is -1.39. The van der Waals surface area contributed by atoms with Gasteiger partial charge < -0.3 is 5.32 Å². The molecule has 0 saturated carbocycles. The van der Waals surface area contributed by atoms with Crippen molar-refractivity contribution in [1.29, 1.82) is 0 Å². The van der Waals surface area contributed by atoms with Crippen molar-refractivity contribution < 1.29 is 30.8 Å². The predicted octanol–water partition coefficient (Wildman–Crippen LogP) is 3.55. The van der Waals surface area contributed by atoms with E-state index >= 15 is 0 Å². The summed E-state index contributed by atoms with van der Waals surface area (Å²) < 4.78 is 80.1. The normalized spacial score (nSPS) is 14.7. The van der Waals surface area contributed by atoms with Gasteiger partial charge in [0, 0.05) is 25.7 Å². The molecular weight excluding hydrogens is 400 g/mol. The molecule has 5 nitrogen and oxygen atoms in total. The van der Waals surface area contributed by atoms with Crippen LogP contribution >= 0.6 is 0 Å². The molecule has 0 unspecified atom stereocenters. The van der Waals surface area contributed by atoms with Gasteiger partial charge in [-0.05, 0) is 35.7 Å². The van der Waals surface area contributed by atoms with Crippen molar-refractivity contribution in [2.45, 2.75) is 30.5 Å². The number of hydrogen-bond donors (Lipinski definition) is 1. The molecule has 1 amide bonds. The van der Waals surface area contributed by atoms with E-state index in [-0.39, 0.29) is 30.0 Å². The van der Waals surface area contributed by atoms with Crippen LogP contribution in [0.15, 0.2) is 41.3 Å². The summed E-state index contributed by atoms with van der Waals surface area (Å²) in [5.41, 5.74) is -0.557. The maximum atomic E-state index is 14.4. The van der Waals surface area contributed by atoms with E-state index in [1.165, 1.54) is 18.2 Å². The van der Waals surface area contributed by atoms with Gasteiger partial charge in [-0.3, -0.25) is 4.79 Å². The Balaban J connectivity index is 1.95. The molecule has 150 valence electrons. The van der Waals surface area contributed by atoms with Crippen LogP contribution in [0.1, 0.15) is 23.1 Å². The van der Waals surface area contributed by atoms with Crippen LogP contribution in [0.25, 0.3) is 0 Å². The monoisotopic (exact) mass is 416 g/mol. The third-order valence-electron chi connectivity index (χ3n) is 4.46. The Bertz CT molecular complexity index is 1040. The summed E-state index contributed by atoms with van der Waals surface area (Å²) in [4.78, 5) is 10.7. The lowest BCUT2D eigenvalue weighted by Gasteiger charge is -2.22. The van der Waals surface area contributed by atoms with Gasteiger partial charge in [0.1, 0.15) is 10.7 Å². The number of sulfonamides is 1. The van der Waals surface area contributed by atoms with Crippen LogP contribution < -0.4 is 5.32 Å². The third kappa shape index (κ3) is 3.88. The fraction of sp³-hybridized carbons (Fsp3) is 0.278. The maximum absolute atomic E-state index is 14.4. The van der Waals surface area contributed by atoms with Gasteiger partial charge in [0.25, 0.3) is 0 Å². The molecule has 10 heteroatoms. The minimum Gasteiger partial charge on any atom is -0.326 e. The van der Waals surface area contributed by atoms with Gasteiger partial charge in [0.15, 0.2) is 0 Å². The number of nitrogens with one attached hydrogen (secondary N) is 1. The number of hydrogen-bond acceptors (Lipinski definition) is 3. The fourth-order valence-corrected chi connectivity index (χ4v) is 4.25. The molecule has 0 aromatic heterocycles. The minimum absolute atomic E-state index is 0.132. The first kappa shape index (κ1) is 20.3. The molecule has 2 aromatic rings. The van der Waals surface area contributed by atoms with Crippen molar-refractivity contribution in [1.82, 2.24) is 4.31 Å². The summed E-state index contributed by atoms with van der Waals surface area (Å²) in [6.45, 7) is -0.578. The van der Waals surface area contributed by atoms with Crippen LogP contribution in [-0.4, -0.2) is 25.7 Å². The number of carbonyl (C=O) groups is 1. The number of benzene rings is 2. The quantitative estimate of drug-likeness (QED) is 0.776. The maximum Gasteiger partial charge on any atom is 0.416 e. The van der Waals surface area contributed by atoms with E-state index in [2.05, 4.69) is 5.32 Å². The molecule has 0 saturated heterocycles. The standard InChI is InChI=1S/C18H16F4N2O3S/c1-24(10-12-4-2-3-5-13(12)18(20,21)22)28(26,27)16-8-11-6-7-17(25)23-15(11)9-14(16)19/h2-5,8-9H,6-7,10H2,1H3,(H,23,25). The molecule has 1 aliphatic heterocycles. The van der Waals surface area contributed by atoms with Crippen molar-refractivity contribution in [3.8, 4) is 0 Å². The van der Waals surface area contributed by atoms with Crippen LogP contribution in [0.5, 0.6) is 0 Å². The average molecular weight is 416 g/mol. The number of amides is 1. The van der Waals surface area contributed by atoms with E-state index < -0.39 is 39.0 Å². The van der Waals surface area contributed by atoms with Crippen LogP contribution in [0, 0.1) is 5.82 Å². The number of anilines is 1. The summed E-state index contributed by atoms with van der Waals surface area (Å²) in [7, 11) is -3.31. The summed E-state index contributed by atoms with van der Waals surface area (Å²) in [6, 6.07) is 6.64. The Morgan fingerprint density at radius 1 is 1.14 bits per heavy atom. The van der Waals surface area contributed by atoms with Crippen molar-refractivity contribution in [2.24, 2.45) is 0 Å². The second-order valence-corrected chi connectivity index (χ2v) is 8.42. The van der Waals surface area contributed by atoms with Gasteiger partial charge in [-0.15, -0.1) is 0 Å². The lowest BCUT2D eigenvalue weighted by molar-refractivity contribution is -0.138. The van der Waals surface area contributed by atoms with Gasteiger partial charge in [-0.2, -0.15) is 17.5 Å². The zero-order valence-electron chi connectivity index (χ0n) is 14.7. The molecule has 0 bridgehead atoms. The highest BCUT2D eigenvalue weighted by Gasteiger charge is 2.34. The Labute approximate surface area is 159 Å². The molecule has 2 aromatic carbocycles. The fourth-order valence-electron chi connectivity index (χ4n) is 3.00. The largest absolute Gasteiger partial charge is 0.416 e. The second kappa shape index (κ2) is 7.17. The summed E-state index contributed by atoms with van der Waals surface area (Å²) >= 11 is 0. The van der Waals surface area contributed by atoms with Crippen molar-refractivity contribution in [3.05, 3.63) is 58.9 Å². The molecule has 0 fully saturated rings. The Kier molecular flexibility index (Phi) is 5.20. The zero-order valence-corrected chi connectivity index (χ0v) is 15.5. The molecule has 0 radical (unpaired) electrons. The molecule has 3 rings (SSSR count). The van der Waals surface area contributed by atoms with Crippen LogP contribution in [0.4, 0.5) is 23.2 Å². The lowest BCUT2D eigenvalue weighted by Crippen LogP contribution is -2.29. The molecule has 28 heavy (non-hydrogen) atoms. The SMILES string of the molecule is CN(Cc1ccccc1C(F)(F)F)S(=O)(=O)c1cc2c(cc1F)NC(=O)CC2. The van der Waals surface area contributed by atoms with Gasteiger partial charge in [0.2, 0.25) is 15.9 Å². The van der Waals surface area contributed by atoms with E-state index in [1.807, 2.05) is 0 Å². The first-order chi connectivity index (χ1) is 13.0. The highest BCUT2D eigenvalue weighted by molar-refractivity contribution is 7.89. The topological polar surface area (TPSA) is 66.5 Å². The minimum atomic E-state index is -4.64. The number of carbonyl (C=O) groups excluding carboxylic acids is 1. The average Bonchev–Trinajstić information content (AvgIpc) is 2.60. The van der Waals surface area contributed by atoms with Crippen LogP contribution in [0.2, 0.25) is 0 Å². The number of rotatable bonds is 4. The number of fused-ring (bicyclic) bond motifs is 1. The number of nitrogens with zero attached hydrogens (tertiary/aromatic N) is 1. The van der Waals surface area contributed by atoms with Gasteiger partial charge in [0.05, 0.1) is 5.56 Å². The van der Waals surface area contributed by atoms with E-state index in [9.17, 15) is 30.8 Å². The van der Waals surface area contributed by atoms with Crippen LogP contribution in [0.3, 0.4) is 0 Å². The molecular formula is C18H16F4N2O3S. The molecule has 0 spiro atoms. The molecule has 1 N–H and O–H groups in total. The summed E-state index contributed by atoms with van der Waals surface area (Å²) in [5, 5.41) is 2.46. The lowest BCUT2D eigenvalue weighted by atomic mass is 10.0. The predicted molar refractivity (Wildman–Crippen MR) is 93.4 cm³/mol. The van der Waals surface area contributed by atoms with E-state index in [0.29, 0.717) is 9.87 Å². The van der Waals surface area contributed by atoms with Gasteiger partial charge >= 0.3 is 6.18 Å². The van der Waals surface area contributed by atoms with Crippen LogP contribution in [-0.2, 0) is 34.0 Å². The summed E-state index contributed by atoms with van der Waals surface area (Å²) in [6.07, 6.45) is -4.27. The number of alkyl halides is 3. The third-order valence-corrected chi connectivity index (χ3v) is 6.28. The van der Waals surface area contributed by atoms with E-state index in [1.54, 1.807) is 0 Å². The first-order valence-corrected chi connectivity index (χ1v) is 9.68. The smallest absolute Gasteiger partial charge is 0.326 e. The molecule has 0 aliphatic carbocycles. The highest BCUT2D eigenvalue weighted by Crippen LogP contribution is 2.34. The van der Waals surface area contributed by atoms with Gasteiger partial charge in [-0.1, -0.05) is 18.2 Å². The van der Waals surface area contributed by atoms with Gasteiger partial charge in [-0.25, -0.2) is 12.8 Å². The number of aryl methyl sites for hydroxylation is 1. The highest BCUT2D eigenvalue weighted by atomic mass is 32.2. The zero-order chi connectivity index (χ0) is 20.7. The van der Waals surface area contributed by atoms with Crippen molar-refractivity contribution in [3.63, 3.8) is 0 Å². The van der Waals surface area contributed by atoms with Crippen molar-refractivity contribution in [2.75, 3.05) is 12.4 Å². The molecule has 0 atom stereocenters.